The van der Waals surface area contributed by atoms with Gasteiger partial charge in [0.25, 0.3) is 15.9 Å². The van der Waals surface area contributed by atoms with E-state index in [9.17, 15) is 13.2 Å². The average Bonchev–Trinajstić information content (AvgIpc) is 3.26. The first-order valence-electron chi connectivity index (χ1n) is 10.1. The molecule has 0 bridgehead atoms. The number of rotatable bonds is 8. The van der Waals surface area contributed by atoms with Crippen LogP contribution in [-0.2, 0) is 16.6 Å². The Morgan fingerprint density at radius 2 is 1.67 bits per heavy atom. The van der Waals surface area contributed by atoms with Crippen LogP contribution in [0.3, 0.4) is 0 Å². The van der Waals surface area contributed by atoms with Gasteiger partial charge in [0.1, 0.15) is 5.75 Å². The van der Waals surface area contributed by atoms with Crippen LogP contribution >= 0.6 is 0 Å². The Bertz CT molecular complexity index is 1350. The summed E-state index contributed by atoms with van der Waals surface area (Å²) >= 11 is 0. The van der Waals surface area contributed by atoms with Crippen molar-refractivity contribution in [2.24, 2.45) is 0 Å². The lowest BCUT2D eigenvalue weighted by atomic mass is 10.2. The van der Waals surface area contributed by atoms with Crippen LogP contribution < -0.4 is 14.8 Å². The Balaban J connectivity index is 1.42. The van der Waals surface area contributed by atoms with E-state index in [-0.39, 0.29) is 10.8 Å². The molecule has 0 fully saturated rings. The Morgan fingerprint density at radius 3 is 2.39 bits per heavy atom. The number of hydrogen-bond acceptors (Lipinski definition) is 5. The van der Waals surface area contributed by atoms with Gasteiger partial charge in [-0.15, -0.1) is 0 Å². The van der Waals surface area contributed by atoms with E-state index in [1.165, 1.54) is 31.4 Å². The van der Waals surface area contributed by atoms with Crippen LogP contribution in [0.25, 0.3) is 0 Å². The highest BCUT2D eigenvalue weighted by Gasteiger charge is 2.17. The number of para-hydroxylation sites is 2. The van der Waals surface area contributed by atoms with E-state index in [4.69, 9.17) is 4.74 Å². The molecule has 8 nitrogen and oxygen atoms in total. The van der Waals surface area contributed by atoms with Crippen molar-refractivity contribution in [1.29, 1.82) is 0 Å². The van der Waals surface area contributed by atoms with Gasteiger partial charge in [-0.3, -0.25) is 14.2 Å². The Hall–Kier alpha value is -4.11. The number of nitrogens with zero attached hydrogens (tertiary/aromatic N) is 2. The minimum atomic E-state index is -3.85. The number of carbonyl (C=O) groups excluding carboxylic acids is 1. The summed E-state index contributed by atoms with van der Waals surface area (Å²) in [5.41, 5.74) is 2.29. The van der Waals surface area contributed by atoms with Crippen molar-refractivity contribution < 1.29 is 17.9 Å². The molecule has 2 N–H and O–H groups in total. The van der Waals surface area contributed by atoms with Gasteiger partial charge < -0.3 is 10.1 Å². The Morgan fingerprint density at radius 1 is 0.970 bits per heavy atom. The number of amides is 1. The molecule has 1 amide bonds. The minimum Gasteiger partial charge on any atom is -0.495 e. The van der Waals surface area contributed by atoms with Crippen molar-refractivity contribution in [2.45, 2.75) is 11.4 Å². The number of benzene rings is 3. The molecule has 9 heteroatoms. The van der Waals surface area contributed by atoms with Crippen LogP contribution in [0, 0.1) is 0 Å². The van der Waals surface area contributed by atoms with Gasteiger partial charge in [-0.05, 0) is 42.0 Å². The molecular formula is C24H22N4O4S. The van der Waals surface area contributed by atoms with Crippen LogP contribution in [0.1, 0.15) is 15.9 Å². The summed E-state index contributed by atoms with van der Waals surface area (Å²) in [5.74, 6) is 0.0424. The van der Waals surface area contributed by atoms with Gasteiger partial charge in [-0.1, -0.05) is 42.5 Å². The molecular weight excluding hydrogens is 440 g/mol. The van der Waals surface area contributed by atoms with Gasteiger partial charge in [0.05, 0.1) is 36.1 Å². The predicted octanol–water partition coefficient (Wildman–Crippen LogP) is 3.99. The average molecular weight is 463 g/mol. The molecule has 0 aliphatic heterocycles. The zero-order chi connectivity index (χ0) is 23.3. The summed E-state index contributed by atoms with van der Waals surface area (Å²) in [5, 5.41) is 7.04. The maximum absolute atomic E-state index is 12.7. The summed E-state index contributed by atoms with van der Waals surface area (Å²) in [6.45, 7) is 0.586. The number of methoxy groups -OCH3 is 1. The van der Waals surface area contributed by atoms with E-state index >= 15 is 0 Å². The minimum absolute atomic E-state index is 0.0284. The van der Waals surface area contributed by atoms with Crippen LogP contribution in [0.15, 0.2) is 96.2 Å². The fourth-order valence-electron chi connectivity index (χ4n) is 3.21. The molecule has 4 aromatic rings. The molecule has 1 heterocycles. The first-order chi connectivity index (χ1) is 15.9. The number of sulfonamides is 1. The third-order valence-corrected chi connectivity index (χ3v) is 6.24. The van der Waals surface area contributed by atoms with Gasteiger partial charge in [0.15, 0.2) is 0 Å². The lowest BCUT2D eigenvalue weighted by Gasteiger charge is -2.12. The molecule has 0 radical (unpaired) electrons. The highest BCUT2D eigenvalue weighted by Crippen LogP contribution is 2.26. The highest BCUT2D eigenvalue weighted by atomic mass is 32.2. The normalized spacial score (nSPS) is 11.1. The number of nitrogens with one attached hydrogen (secondary N) is 2. The first-order valence-corrected chi connectivity index (χ1v) is 11.6. The molecule has 0 aliphatic rings. The van der Waals surface area contributed by atoms with Crippen molar-refractivity contribution >= 4 is 27.3 Å². The van der Waals surface area contributed by atoms with E-state index in [2.05, 4.69) is 15.1 Å². The largest absolute Gasteiger partial charge is 0.495 e. The van der Waals surface area contributed by atoms with Crippen molar-refractivity contribution in [3.63, 3.8) is 0 Å². The molecule has 0 unspecified atom stereocenters. The lowest BCUT2D eigenvalue weighted by Crippen LogP contribution is -2.15. The first kappa shape index (κ1) is 22.1. The van der Waals surface area contributed by atoms with E-state index in [0.717, 1.165) is 5.56 Å². The molecule has 0 aliphatic carbocycles. The summed E-state index contributed by atoms with van der Waals surface area (Å²) in [6, 6.07) is 22.3. The van der Waals surface area contributed by atoms with E-state index < -0.39 is 10.0 Å². The van der Waals surface area contributed by atoms with Crippen molar-refractivity contribution in [2.75, 3.05) is 17.1 Å². The lowest BCUT2D eigenvalue weighted by molar-refractivity contribution is 0.102. The third-order valence-electron chi connectivity index (χ3n) is 4.86. The number of anilines is 2. The van der Waals surface area contributed by atoms with E-state index in [1.54, 1.807) is 41.3 Å². The summed E-state index contributed by atoms with van der Waals surface area (Å²) < 4.78 is 34.8. The zero-order valence-corrected chi connectivity index (χ0v) is 18.6. The topological polar surface area (TPSA) is 102 Å². The molecule has 0 saturated heterocycles. The number of aromatic nitrogens is 2. The van der Waals surface area contributed by atoms with Crippen LogP contribution in [0.2, 0.25) is 0 Å². The standard InChI is InChI=1S/C24H22N4O4S/c1-32-23-10-6-5-9-22(23)27-33(30,31)21-13-11-19(12-14-21)24(29)26-20-15-25-28(17-20)16-18-7-3-2-4-8-18/h2-15,17,27H,16H2,1H3,(H,26,29). The maximum Gasteiger partial charge on any atom is 0.262 e. The van der Waals surface area contributed by atoms with Gasteiger partial charge >= 0.3 is 0 Å². The SMILES string of the molecule is COc1ccccc1NS(=O)(=O)c1ccc(C(=O)Nc2cnn(Cc3ccccc3)c2)cc1. The Kier molecular flexibility index (Phi) is 6.41. The smallest absolute Gasteiger partial charge is 0.262 e. The number of carbonyl (C=O) groups is 1. The molecule has 0 atom stereocenters. The summed E-state index contributed by atoms with van der Waals surface area (Å²) in [4.78, 5) is 12.6. The fraction of sp³-hybridized carbons (Fsp3) is 0.0833. The quantitative estimate of drug-likeness (QED) is 0.412. The van der Waals surface area contributed by atoms with Crippen LogP contribution in [-0.4, -0.2) is 31.2 Å². The van der Waals surface area contributed by atoms with Gasteiger partial charge in [0.2, 0.25) is 0 Å². The number of ether oxygens (including phenoxy) is 1. The van der Waals surface area contributed by atoms with Crippen molar-refractivity contribution in [3.8, 4) is 5.75 Å². The second-order valence-corrected chi connectivity index (χ2v) is 8.88. The zero-order valence-electron chi connectivity index (χ0n) is 17.8. The fourth-order valence-corrected chi connectivity index (χ4v) is 4.28. The Labute approximate surface area is 191 Å². The summed E-state index contributed by atoms with van der Waals surface area (Å²) in [6.07, 6.45) is 3.30. The molecule has 0 spiro atoms. The van der Waals surface area contributed by atoms with Gasteiger partial charge in [0, 0.05) is 11.8 Å². The molecule has 33 heavy (non-hydrogen) atoms. The highest BCUT2D eigenvalue weighted by molar-refractivity contribution is 7.92. The van der Waals surface area contributed by atoms with Crippen molar-refractivity contribution in [1.82, 2.24) is 9.78 Å². The predicted molar refractivity (Wildman–Crippen MR) is 126 cm³/mol. The second kappa shape index (κ2) is 9.58. The maximum atomic E-state index is 12.7. The second-order valence-electron chi connectivity index (χ2n) is 7.20. The van der Waals surface area contributed by atoms with E-state index in [1.807, 2.05) is 30.3 Å². The molecule has 0 saturated carbocycles. The third kappa shape index (κ3) is 5.39. The molecule has 3 aromatic carbocycles. The monoisotopic (exact) mass is 462 g/mol. The van der Waals surface area contributed by atoms with Crippen molar-refractivity contribution in [3.05, 3.63) is 102 Å². The van der Waals surface area contributed by atoms with Gasteiger partial charge in [-0.25, -0.2) is 8.42 Å². The molecule has 4 rings (SSSR count). The summed E-state index contributed by atoms with van der Waals surface area (Å²) in [7, 11) is -2.38. The number of hydrogen-bond donors (Lipinski definition) is 2. The van der Waals surface area contributed by atoms with Gasteiger partial charge in [-0.2, -0.15) is 5.10 Å². The van der Waals surface area contributed by atoms with E-state index in [0.29, 0.717) is 29.2 Å². The molecule has 1 aromatic heterocycles. The molecule has 168 valence electrons. The van der Waals surface area contributed by atoms with Crippen LogP contribution in [0.5, 0.6) is 5.75 Å². The van der Waals surface area contributed by atoms with Crippen LogP contribution in [0.4, 0.5) is 11.4 Å².